The van der Waals surface area contributed by atoms with Crippen molar-refractivity contribution in [2.24, 2.45) is 0 Å². The quantitative estimate of drug-likeness (QED) is 0.579. The van der Waals surface area contributed by atoms with E-state index in [1.54, 1.807) is 13.3 Å². The molecule has 4 aromatic heterocycles. The number of anilines is 1. The highest BCUT2D eigenvalue weighted by Gasteiger charge is 2.19. The van der Waals surface area contributed by atoms with Gasteiger partial charge in [-0.25, -0.2) is 4.52 Å². The van der Waals surface area contributed by atoms with Gasteiger partial charge in [-0.2, -0.15) is 15.1 Å². The van der Waals surface area contributed by atoms with E-state index in [1.165, 1.54) is 0 Å². The largest absolute Gasteiger partial charge is 0.480 e. The number of methoxy groups -OCH3 is 1. The van der Waals surface area contributed by atoms with Crippen LogP contribution in [0.1, 0.15) is 12.8 Å². The van der Waals surface area contributed by atoms with E-state index in [0.29, 0.717) is 18.4 Å². The van der Waals surface area contributed by atoms with Gasteiger partial charge in [0.25, 0.3) is 0 Å². The summed E-state index contributed by atoms with van der Waals surface area (Å²) in [5, 5.41) is 8.47. The SMILES string of the molecule is COc1nc(N[C@H]2CCCOC2)nc2[nH]cc(-c3ccn4nccc4c3)c12. The molecule has 8 heteroatoms. The van der Waals surface area contributed by atoms with Crippen LogP contribution in [0.3, 0.4) is 0 Å². The van der Waals surface area contributed by atoms with Crippen LogP contribution in [-0.2, 0) is 4.74 Å². The molecule has 8 nitrogen and oxygen atoms in total. The molecule has 0 spiro atoms. The first-order chi connectivity index (χ1) is 13.3. The van der Waals surface area contributed by atoms with Crippen molar-refractivity contribution in [1.29, 1.82) is 0 Å². The highest BCUT2D eigenvalue weighted by Crippen LogP contribution is 2.34. The number of rotatable bonds is 4. The molecule has 0 unspecified atom stereocenters. The molecule has 1 atom stereocenters. The summed E-state index contributed by atoms with van der Waals surface area (Å²) in [4.78, 5) is 12.5. The highest BCUT2D eigenvalue weighted by molar-refractivity contribution is 5.98. The summed E-state index contributed by atoms with van der Waals surface area (Å²) in [5.41, 5.74) is 3.82. The van der Waals surface area contributed by atoms with Crippen molar-refractivity contribution < 1.29 is 9.47 Å². The molecule has 0 bridgehead atoms. The van der Waals surface area contributed by atoms with Crippen LogP contribution in [0, 0.1) is 0 Å². The predicted octanol–water partition coefficient (Wildman–Crippen LogP) is 2.87. The smallest absolute Gasteiger partial charge is 0.228 e. The van der Waals surface area contributed by atoms with Gasteiger partial charge in [-0.05, 0) is 36.6 Å². The van der Waals surface area contributed by atoms with Gasteiger partial charge in [-0.3, -0.25) is 0 Å². The molecule has 1 aliphatic heterocycles. The second kappa shape index (κ2) is 6.55. The first-order valence-electron chi connectivity index (χ1n) is 9.03. The van der Waals surface area contributed by atoms with Crippen LogP contribution in [0.15, 0.2) is 36.8 Å². The third-order valence-corrected chi connectivity index (χ3v) is 4.90. The molecule has 2 N–H and O–H groups in total. The molecule has 1 aliphatic rings. The Morgan fingerprint density at radius 1 is 1.33 bits per heavy atom. The second-order valence-electron chi connectivity index (χ2n) is 6.66. The fourth-order valence-corrected chi connectivity index (χ4v) is 3.57. The van der Waals surface area contributed by atoms with Crippen molar-refractivity contribution in [1.82, 2.24) is 24.6 Å². The zero-order valence-electron chi connectivity index (χ0n) is 15.0. The number of pyridine rings is 1. The Kier molecular flexibility index (Phi) is 3.90. The number of ether oxygens (including phenoxy) is 2. The van der Waals surface area contributed by atoms with E-state index in [4.69, 9.17) is 9.47 Å². The Hall–Kier alpha value is -3.13. The van der Waals surface area contributed by atoms with Gasteiger partial charge in [0.1, 0.15) is 5.65 Å². The second-order valence-corrected chi connectivity index (χ2v) is 6.66. The molecule has 0 aliphatic carbocycles. The van der Waals surface area contributed by atoms with Crippen LogP contribution in [0.5, 0.6) is 5.88 Å². The van der Waals surface area contributed by atoms with Crippen molar-refractivity contribution in [3.05, 3.63) is 36.8 Å². The maximum absolute atomic E-state index is 5.59. The van der Waals surface area contributed by atoms with Crippen LogP contribution < -0.4 is 10.1 Å². The topological polar surface area (TPSA) is 89.4 Å². The molecule has 5 rings (SSSR count). The van der Waals surface area contributed by atoms with Crippen molar-refractivity contribution in [3.8, 4) is 17.0 Å². The Labute approximate surface area is 155 Å². The third kappa shape index (κ3) is 2.87. The summed E-state index contributed by atoms with van der Waals surface area (Å²) in [7, 11) is 1.63. The van der Waals surface area contributed by atoms with E-state index < -0.39 is 0 Å². The molecular weight excluding hydrogens is 344 g/mol. The molecule has 0 aromatic carbocycles. The third-order valence-electron chi connectivity index (χ3n) is 4.90. The molecule has 27 heavy (non-hydrogen) atoms. The predicted molar refractivity (Wildman–Crippen MR) is 102 cm³/mol. The van der Waals surface area contributed by atoms with Gasteiger partial charge < -0.3 is 19.8 Å². The first kappa shape index (κ1) is 16.1. The van der Waals surface area contributed by atoms with Crippen molar-refractivity contribution in [3.63, 3.8) is 0 Å². The summed E-state index contributed by atoms with van der Waals surface area (Å²) in [6.45, 7) is 1.49. The Balaban J connectivity index is 1.56. The van der Waals surface area contributed by atoms with Gasteiger partial charge in [-0.1, -0.05) is 0 Å². The summed E-state index contributed by atoms with van der Waals surface area (Å²) < 4.78 is 12.9. The van der Waals surface area contributed by atoms with Gasteiger partial charge >= 0.3 is 0 Å². The molecular formula is C19H20N6O2. The Morgan fingerprint density at radius 3 is 3.15 bits per heavy atom. The minimum absolute atomic E-state index is 0.222. The van der Waals surface area contributed by atoms with Gasteiger partial charge in [-0.15, -0.1) is 0 Å². The average Bonchev–Trinajstić information content (AvgIpc) is 3.34. The monoisotopic (exact) mass is 364 g/mol. The fourth-order valence-electron chi connectivity index (χ4n) is 3.57. The van der Waals surface area contributed by atoms with Gasteiger partial charge in [0.15, 0.2) is 0 Å². The Morgan fingerprint density at radius 2 is 2.30 bits per heavy atom. The van der Waals surface area contributed by atoms with Gasteiger partial charge in [0, 0.05) is 30.8 Å². The summed E-state index contributed by atoms with van der Waals surface area (Å²) in [6.07, 6.45) is 7.75. The number of aromatic amines is 1. The van der Waals surface area contributed by atoms with Crippen molar-refractivity contribution >= 4 is 22.5 Å². The maximum atomic E-state index is 5.59. The van der Waals surface area contributed by atoms with E-state index in [2.05, 4.69) is 31.4 Å². The zero-order chi connectivity index (χ0) is 18.2. The van der Waals surface area contributed by atoms with Gasteiger partial charge in [0.2, 0.25) is 11.8 Å². The van der Waals surface area contributed by atoms with E-state index in [1.807, 2.05) is 29.0 Å². The highest BCUT2D eigenvalue weighted by atomic mass is 16.5. The molecule has 0 saturated carbocycles. The fraction of sp³-hybridized carbons (Fsp3) is 0.316. The average molecular weight is 364 g/mol. The lowest BCUT2D eigenvalue weighted by Gasteiger charge is -2.23. The molecule has 5 heterocycles. The van der Waals surface area contributed by atoms with Crippen LogP contribution in [0.4, 0.5) is 5.95 Å². The van der Waals surface area contributed by atoms with E-state index in [9.17, 15) is 0 Å². The standard InChI is InChI=1S/C19H20N6O2/c1-26-18-16-15(12-5-7-25-14(9-12)4-6-21-25)10-20-17(16)23-19(24-18)22-13-3-2-8-27-11-13/h4-7,9-10,13H,2-3,8,11H2,1H3,(H2,20,22,23,24)/t13-/m0/s1. The van der Waals surface area contributed by atoms with Crippen LogP contribution in [0.2, 0.25) is 0 Å². The minimum Gasteiger partial charge on any atom is -0.480 e. The number of hydrogen-bond acceptors (Lipinski definition) is 6. The lowest BCUT2D eigenvalue weighted by atomic mass is 10.1. The van der Waals surface area contributed by atoms with Crippen LogP contribution >= 0.6 is 0 Å². The summed E-state index contributed by atoms with van der Waals surface area (Å²) >= 11 is 0. The lowest BCUT2D eigenvalue weighted by Crippen LogP contribution is -2.30. The number of nitrogens with zero attached hydrogens (tertiary/aromatic N) is 4. The van der Waals surface area contributed by atoms with Crippen molar-refractivity contribution in [2.75, 3.05) is 25.6 Å². The van der Waals surface area contributed by atoms with Crippen LogP contribution in [0.25, 0.3) is 27.7 Å². The lowest BCUT2D eigenvalue weighted by molar-refractivity contribution is 0.0874. The Bertz CT molecular complexity index is 1100. The zero-order valence-corrected chi connectivity index (χ0v) is 15.0. The molecule has 4 aromatic rings. The van der Waals surface area contributed by atoms with Crippen LogP contribution in [-0.4, -0.2) is 50.9 Å². The minimum atomic E-state index is 0.222. The van der Waals surface area contributed by atoms with Crippen molar-refractivity contribution in [2.45, 2.75) is 18.9 Å². The molecule has 0 amide bonds. The molecule has 0 radical (unpaired) electrons. The summed E-state index contributed by atoms with van der Waals surface area (Å²) in [6, 6.07) is 6.30. The van der Waals surface area contributed by atoms with Gasteiger partial charge in [0.05, 0.1) is 30.7 Å². The number of H-pyrrole nitrogens is 1. The van der Waals surface area contributed by atoms with E-state index in [-0.39, 0.29) is 6.04 Å². The molecule has 138 valence electrons. The number of nitrogens with one attached hydrogen (secondary N) is 2. The number of aromatic nitrogens is 5. The molecule has 1 fully saturated rings. The van der Waals surface area contributed by atoms with E-state index in [0.717, 1.165) is 47.1 Å². The first-order valence-corrected chi connectivity index (χ1v) is 9.03. The number of fused-ring (bicyclic) bond motifs is 2. The number of hydrogen-bond donors (Lipinski definition) is 2. The summed E-state index contributed by atoms with van der Waals surface area (Å²) in [5.74, 6) is 1.10. The van der Waals surface area contributed by atoms with E-state index >= 15 is 0 Å². The maximum Gasteiger partial charge on any atom is 0.228 e. The normalized spacial score (nSPS) is 17.4. The molecule has 1 saturated heterocycles.